The van der Waals surface area contributed by atoms with Crippen LogP contribution in [0, 0.1) is 12.7 Å². The first-order valence-electron chi connectivity index (χ1n) is 6.78. The Bertz CT molecular complexity index is 566. The summed E-state index contributed by atoms with van der Waals surface area (Å²) < 4.78 is 14.5. The summed E-state index contributed by atoms with van der Waals surface area (Å²) in [4.78, 5) is 5.94. The summed E-state index contributed by atoms with van der Waals surface area (Å²) in [5.74, 6) is 0.0841. The van der Waals surface area contributed by atoms with Crippen molar-refractivity contribution in [2.24, 2.45) is 0 Å². The number of nitrogens with one attached hydrogen (secondary N) is 1. The van der Waals surface area contributed by atoms with Gasteiger partial charge < -0.3 is 10.2 Å². The van der Waals surface area contributed by atoms with Crippen LogP contribution in [-0.2, 0) is 6.54 Å². The van der Waals surface area contributed by atoms with Gasteiger partial charge in [0, 0.05) is 31.0 Å². The van der Waals surface area contributed by atoms with Gasteiger partial charge in [-0.3, -0.25) is 0 Å². The van der Waals surface area contributed by atoms with Crippen molar-refractivity contribution in [1.29, 1.82) is 0 Å². The van der Waals surface area contributed by atoms with Crippen molar-refractivity contribution < 1.29 is 4.39 Å². The Kier molecular flexibility index (Phi) is 4.69. The summed E-state index contributed by atoms with van der Waals surface area (Å²) in [5.41, 5.74) is 2.73. The third-order valence-electron chi connectivity index (χ3n) is 3.26. The third-order valence-corrected chi connectivity index (χ3v) is 3.26. The second-order valence-electron chi connectivity index (χ2n) is 4.78. The van der Waals surface area contributed by atoms with E-state index < -0.39 is 0 Å². The molecule has 0 spiro atoms. The number of anilines is 2. The maximum Gasteiger partial charge on any atom is 0.170 e. The monoisotopic (exact) mass is 273 g/mol. The van der Waals surface area contributed by atoms with Gasteiger partial charge in [-0.25, -0.2) is 9.37 Å². The maximum atomic E-state index is 14.5. The molecule has 1 heterocycles. The number of benzene rings is 1. The summed E-state index contributed by atoms with van der Waals surface area (Å²) in [5, 5.41) is 3.13. The van der Waals surface area contributed by atoms with E-state index in [0.29, 0.717) is 17.9 Å². The average molecular weight is 273 g/mol. The Labute approximate surface area is 119 Å². The summed E-state index contributed by atoms with van der Waals surface area (Å²) in [6.07, 6.45) is 1.65. The van der Waals surface area contributed by atoms with Crippen LogP contribution in [0.3, 0.4) is 0 Å². The zero-order valence-electron chi connectivity index (χ0n) is 12.2. The standard InChI is InChI=1S/C16H20FN3/c1-4-18-11-13-9-10-19-16(15(13)17)20(3)14-7-5-12(2)6-8-14/h5-10,18H,4,11H2,1-3H3. The average Bonchev–Trinajstić information content (AvgIpc) is 2.46. The molecule has 0 fully saturated rings. The van der Waals surface area contributed by atoms with Gasteiger partial charge in [0.1, 0.15) is 0 Å². The zero-order chi connectivity index (χ0) is 14.5. The lowest BCUT2D eigenvalue weighted by Gasteiger charge is -2.20. The van der Waals surface area contributed by atoms with E-state index in [2.05, 4.69) is 10.3 Å². The summed E-state index contributed by atoms with van der Waals surface area (Å²) >= 11 is 0. The molecule has 0 saturated heterocycles. The molecule has 2 rings (SSSR count). The first-order valence-corrected chi connectivity index (χ1v) is 6.78. The fourth-order valence-electron chi connectivity index (χ4n) is 1.99. The van der Waals surface area contributed by atoms with Gasteiger partial charge in [0.15, 0.2) is 11.6 Å². The molecule has 0 atom stereocenters. The molecule has 2 aromatic rings. The van der Waals surface area contributed by atoms with Gasteiger partial charge in [-0.2, -0.15) is 0 Å². The number of nitrogens with zero attached hydrogens (tertiary/aromatic N) is 2. The maximum absolute atomic E-state index is 14.5. The van der Waals surface area contributed by atoms with Gasteiger partial charge in [0.05, 0.1) is 0 Å². The molecule has 0 bridgehead atoms. The number of aromatic nitrogens is 1. The van der Waals surface area contributed by atoms with Gasteiger partial charge in [-0.05, 0) is 31.7 Å². The normalized spacial score (nSPS) is 10.6. The molecule has 1 aromatic heterocycles. The van der Waals surface area contributed by atoms with E-state index >= 15 is 0 Å². The summed E-state index contributed by atoms with van der Waals surface area (Å²) in [7, 11) is 1.83. The quantitative estimate of drug-likeness (QED) is 0.905. The van der Waals surface area contributed by atoms with Crippen LogP contribution in [0.25, 0.3) is 0 Å². The van der Waals surface area contributed by atoms with E-state index in [9.17, 15) is 4.39 Å². The lowest BCUT2D eigenvalue weighted by atomic mass is 10.2. The van der Waals surface area contributed by atoms with Gasteiger partial charge in [-0.1, -0.05) is 24.6 Å². The van der Waals surface area contributed by atoms with Crippen LogP contribution < -0.4 is 10.2 Å². The van der Waals surface area contributed by atoms with Gasteiger partial charge >= 0.3 is 0 Å². The van der Waals surface area contributed by atoms with E-state index in [0.717, 1.165) is 12.2 Å². The van der Waals surface area contributed by atoms with Crippen LogP contribution in [0.15, 0.2) is 36.5 Å². The Morgan fingerprint density at radius 3 is 2.55 bits per heavy atom. The van der Waals surface area contributed by atoms with Gasteiger partial charge in [-0.15, -0.1) is 0 Å². The molecule has 0 aliphatic heterocycles. The lowest BCUT2D eigenvalue weighted by Crippen LogP contribution is -2.17. The van der Waals surface area contributed by atoms with Crippen molar-refractivity contribution in [2.45, 2.75) is 20.4 Å². The molecule has 106 valence electrons. The van der Waals surface area contributed by atoms with E-state index in [1.165, 1.54) is 5.56 Å². The molecule has 1 aromatic carbocycles. The molecule has 0 unspecified atom stereocenters. The summed E-state index contributed by atoms with van der Waals surface area (Å²) in [6.45, 7) is 5.35. The molecular formula is C16H20FN3. The zero-order valence-corrected chi connectivity index (χ0v) is 12.2. The van der Waals surface area contributed by atoms with Crippen LogP contribution in [0.2, 0.25) is 0 Å². The molecule has 0 aliphatic rings. The molecule has 4 heteroatoms. The predicted octanol–water partition coefficient (Wildman–Crippen LogP) is 3.41. The van der Waals surface area contributed by atoms with Crippen molar-refractivity contribution in [3.63, 3.8) is 0 Å². The molecule has 0 saturated carbocycles. The van der Waals surface area contributed by atoms with Gasteiger partial charge in [0.25, 0.3) is 0 Å². The minimum atomic E-state index is -0.267. The third kappa shape index (κ3) is 3.14. The number of pyridine rings is 1. The molecule has 0 amide bonds. The number of hydrogen-bond acceptors (Lipinski definition) is 3. The van der Waals surface area contributed by atoms with Crippen molar-refractivity contribution in [1.82, 2.24) is 10.3 Å². The molecule has 0 aliphatic carbocycles. The topological polar surface area (TPSA) is 28.2 Å². The highest BCUT2D eigenvalue weighted by molar-refractivity contribution is 5.60. The smallest absolute Gasteiger partial charge is 0.170 e. The van der Waals surface area contributed by atoms with E-state index in [1.54, 1.807) is 17.2 Å². The predicted molar refractivity (Wildman–Crippen MR) is 80.8 cm³/mol. The van der Waals surface area contributed by atoms with Crippen LogP contribution in [0.5, 0.6) is 0 Å². The van der Waals surface area contributed by atoms with Crippen LogP contribution in [0.1, 0.15) is 18.1 Å². The highest BCUT2D eigenvalue weighted by atomic mass is 19.1. The van der Waals surface area contributed by atoms with Gasteiger partial charge in [0.2, 0.25) is 0 Å². The second kappa shape index (κ2) is 6.48. The van der Waals surface area contributed by atoms with Crippen LogP contribution >= 0.6 is 0 Å². The highest BCUT2D eigenvalue weighted by Crippen LogP contribution is 2.25. The largest absolute Gasteiger partial charge is 0.327 e. The number of rotatable bonds is 5. The second-order valence-corrected chi connectivity index (χ2v) is 4.78. The molecule has 0 radical (unpaired) electrons. The van der Waals surface area contributed by atoms with Crippen molar-refractivity contribution in [3.8, 4) is 0 Å². The fourth-order valence-corrected chi connectivity index (χ4v) is 1.99. The Morgan fingerprint density at radius 2 is 1.90 bits per heavy atom. The Balaban J connectivity index is 2.29. The SMILES string of the molecule is CCNCc1ccnc(N(C)c2ccc(C)cc2)c1F. The summed E-state index contributed by atoms with van der Waals surface area (Å²) in [6, 6.07) is 9.66. The Hall–Kier alpha value is -1.94. The Morgan fingerprint density at radius 1 is 1.20 bits per heavy atom. The van der Waals surface area contributed by atoms with Crippen LogP contribution in [-0.4, -0.2) is 18.6 Å². The molecule has 1 N–H and O–H groups in total. The fraction of sp³-hybridized carbons (Fsp3) is 0.312. The van der Waals surface area contributed by atoms with Crippen molar-refractivity contribution in [3.05, 3.63) is 53.5 Å². The molecule has 20 heavy (non-hydrogen) atoms. The van der Waals surface area contributed by atoms with E-state index in [1.807, 2.05) is 45.2 Å². The van der Waals surface area contributed by atoms with E-state index in [-0.39, 0.29) is 5.82 Å². The van der Waals surface area contributed by atoms with Crippen molar-refractivity contribution in [2.75, 3.05) is 18.5 Å². The minimum Gasteiger partial charge on any atom is -0.327 e. The molecular weight excluding hydrogens is 253 g/mol. The van der Waals surface area contributed by atoms with Crippen LogP contribution in [0.4, 0.5) is 15.9 Å². The highest BCUT2D eigenvalue weighted by Gasteiger charge is 2.14. The number of halogens is 1. The first-order chi connectivity index (χ1) is 9.63. The molecule has 3 nitrogen and oxygen atoms in total. The first kappa shape index (κ1) is 14.5. The number of hydrogen-bond donors (Lipinski definition) is 1. The number of aryl methyl sites for hydroxylation is 1. The minimum absolute atomic E-state index is 0.267. The van der Waals surface area contributed by atoms with E-state index in [4.69, 9.17) is 0 Å². The van der Waals surface area contributed by atoms with Crippen molar-refractivity contribution >= 4 is 11.5 Å². The lowest BCUT2D eigenvalue weighted by molar-refractivity contribution is 0.588.